The number of methoxy groups -OCH3 is 1. The van der Waals surface area contributed by atoms with Crippen molar-refractivity contribution in [1.29, 1.82) is 0 Å². The van der Waals surface area contributed by atoms with Crippen molar-refractivity contribution in [3.8, 4) is 17.1 Å². The first-order chi connectivity index (χ1) is 10.7. The number of hydrogen-bond donors (Lipinski definition) is 2. The summed E-state index contributed by atoms with van der Waals surface area (Å²) in [5.41, 5.74) is 3.94. The van der Waals surface area contributed by atoms with E-state index >= 15 is 0 Å². The van der Waals surface area contributed by atoms with Gasteiger partial charge in [0.15, 0.2) is 0 Å². The van der Waals surface area contributed by atoms with Gasteiger partial charge in [-0.2, -0.15) is 0 Å². The first kappa shape index (κ1) is 14.9. The van der Waals surface area contributed by atoms with Crippen LogP contribution in [0.2, 0.25) is 0 Å². The predicted octanol–water partition coefficient (Wildman–Crippen LogP) is 4.26. The number of hydrogen-bond acceptors (Lipinski definition) is 4. The van der Waals surface area contributed by atoms with Gasteiger partial charge in [0.25, 0.3) is 0 Å². The van der Waals surface area contributed by atoms with E-state index in [0.717, 1.165) is 52.3 Å². The van der Waals surface area contributed by atoms with Gasteiger partial charge in [-0.1, -0.05) is 19.4 Å². The molecule has 0 aliphatic rings. The summed E-state index contributed by atoms with van der Waals surface area (Å²) in [6, 6.07) is 6.05. The maximum atomic E-state index is 5.60. The summed E-state index contributed by atoms with van der Waals surface area (Å²) in [6.45, 7) is 2.19. The molecule has 0 spiro atoms. The molecular weight excluding hydrogens is 294 g/mol. The molecule has 0 fully saturated rings. The molecule has 5 heteroatoms. The molecule has 0 saturated carbocycles. The van der Waals surface area contributed by atoms with Crippen LogP contribution < -0.4 is 4.74 Å². The average Bonchev–Trinajstić information content (AvgIpc) is 2.97. The number of thiol groups is 1. The highest BCUT2D eigenvalue weighted by atomic mass is 32.1. The van der Waals surface area contributed by atoms with E-state index in [1.54, 1.807) is 19.5 Å². The number of unbranched alkanes of at least 4 members (excludes halogenated alkanes) is 1. The van der Waals surface area contributed by atoms with Crippen LogP contribution in [0.25, 0.3) is 22.4 Å². The van der Waals surface area contributed by atoms with Crippen LogP contribution in [0.5, 0.6) is 5.75 Å². The van der Waals surface area contributed by atoms with Gasteiger partial charge in [-0.15, -0.1) is 12.6 Å². The van der Waals surface area contributed by atoms with E-state index in [1.165, 1.54) is 5.56 Å². The molecule has 114 valence electrons. The summed E-state index contributed by atoms with van der Waals surface area (Å²) in [6.07, 6.45) is 6.83. The zero-order valence-electron chi connectivity index (χ0n) is 12.8. The molecule has 2 heterocycles. The number of nitrogens with zero attached hydrogens (tertiary/aromatic N) is 2. The van der Waals surface area contributed by atoms with Crippen molar-refractivity contribution >= 4 is 23.7 Å². The quantitative estimate of drug-likeness (QED) is 0.692. The zero-order valence-corrected chi connectivity index (χ0v) is 13.7. The Morgan fingerprint density at radius 1 is 1.27 bits per heavy atom. The molecule has 0 unspecified atom stereocenters. The molecule has 0 bridgehead atoms. The smallest absolute Gasteiger partial charge is 0.143 e. The molecule has 0 amide bonds. The number of rotatable bonds is 5. The molecule has 3 rings (SSSR count). The van der Waals surface area contributed by atoms with Crippen molar-refractivity contribution in [2.75, 3.05) is 7.11 Å². The molecule has 0 aliphatic carbocycles. The summed E-state index contributed by atoms with van der Waals surface area (Å²) >= 11 is 4.67. The number of fused-ring (bicyclic) bond motifs is 1. The molecule has 0 aliphatic heterocycles. The van der Waals surface area contributed by atoms with E-state index in [2.05, 4.69) is 46.6 Å². The Bertz CT molecular complexity index is 765. The van der Waals surface area contributed by atoms with Gasteiger partial charge in [0.1, 0.15) is 11.6 Å². The van der Waals surface area contributed by atoms with Gasteiger partial charge in [0, 0.05) is 6.20 Å². The summed E-state index contributed by atoms with van der Waals surface area (Å²) in [5, 5.41) is 0. The average molecular weight is 313 g/mol. The fourth-order valence-electron chi connectivity index (χ4n) is 2.56. The number of pyridine rings is 1. The Hall–Kier alpha value is -2.01. The molecule has 0 atom stereocenters. The van der Waals surface area contributed by atoms with Crippen LogP contribution in [0.15, 0.2) is 35.5 Å². The van der Waals surface area contributed by atoms with Crippen molar-refractivity contribution in [1.82, 2.24) is 15.0 Å². The number of aryl methyl sites for hydroxylation is 1. The molecule has 22 heavy (non-hydrogen) atoms. The highest BCUT2D eigenvalue weighted by molar-refractivity contribution is 7.80. The van der Waals surface area contributed by atoms with Crippen LogP contribution in [0, 0.1) is 0 Å². The number of benzene rings is 1. The maximum Gasteiger partial charge on any atom is 0.143 e. The lowest BCUT2D eigenvalue weighted by Crippen LogP contribution is -1.96. The fourth-order valence-corrected chi connectivity index (χ4v) is 2.96. The Labute approximate surface area is 135 Å². The third kappa shape index (κ3) is 2.68. The maximum absolute atomic E-state index is 5.60. The molecule has 0 radical (unpaired) electrons. The van der Waals surface area contributed by atoms with E-state index in [0.29, 0.717) is 0 Å². The van der Waals surface area contributed by atoms with Crippen molar-refractivity contribution < 1.29 is 4.74 Å². The van der Waals surface area contributed by atoms with Crippen molar-refractivity contribution in [2.24, 2.45) is 0 Å². The van der Waals surface area contributed by atoms with Gasteiger partial charge in [-0.3, -0.25) is 4.98 Å². The SMILES string of the molecule is CCCCc1ccc(-c2nc3ccncc3[nH]2)c(OC)c1S. The van der Waals surface area contributed by atoms with Gasteiger partial charge < -0.3 is 9.72 Å². The minimum atomic E-state index is 0.768. The number of ether oxygens (including phenoxy) is 1. The highest BCUT2D eigenvalue weighted by Crippen LogP contribution is 2.37. The minimum Gasteiger partial charge on any atom is -0.495 e. The monoisotopic (exact) mass is 313 g/mol. The summed E-state index contributed by atoms with van der Waals surface area (Å²) in [5.74, 6) is 1.54. The molecule has 1 aromatic carbocycles. The third-order valence-electron chi connectivity index (χ3n) is 3.76. The zero-order chi connectivity index (χ0) is 15.5. The fraction of sp³-hybridized carbons (Fsp3) is 0.294. The Morgan fingerprint density at radius 3 is 2.86 bits per heavy atom. The van der Waals surface area contributed by atoms with Gasteiger partial charge in [-0.05, 0) is 30.5 Å². The van der Waals surface area contributed by atoms with Crippen LogP contribution in [0.3, 0.4) is 0 Å². The van der Waals surface area contributed by atoms with Crippen LogP contribution >= 0.6 is 12.6 Å². The third-order valence-corrected chi connectivity index (χ3v) is 4.25. The second-order valence-electron chi connectivity index (χ2n) is 5.24. The normalized spacial score (nSPS) is 11.0. The van der Waals surface area contributed by atoms with E-state index in [-0.39, 0.29) is 0 Å². The van der Waals surface area contributed by atoms with Crippen LogP contribution in [0.1, 0.15) is 25.3 Å². The van der Waals surface area contributed by atoms with Gasteiger partial charge in [0.2, 0.25) is 0 Å². The van der Waals surface area contributed by atoms with Crippen molar-refractivity contribution in [3.05, 3.63) is 36.2 Å². The Balaban J connectivity index is 2.08. The van der Waals surface area contributed by atoms with Crippen LogP contribution in [-0.2, 0) is 6.42 Å². The topological polar surface area (TPSA) is 50.8 Å². The molecule has 0 saturated heterocycles. The number of imidazole rings is 1. The Morgan fingerprint density at radius 2 is 2.14 bits per heavy atom. The van der Waals surface area contributed by atoms with Gasteiger partial charge in [-0.25, -0.2) is 4.98 Å². The lowest BCUT2D eigenvalue weighted by Gasteiger charge is -2.13. The number of aromatic nitrogens is 3. The number of nitrogens with one attached hydrogen (secondary N) is 1. The first-order valence-electron chi connectivity index (χ1n) is 7.43. The second kappa shape index (κ2) is 6.40. The standard InChI is InChI=1S/C17H19N3OS/c1-3-4-5-11-6-7-12(15(21-2)16(11)22)17-19-13-8-9-18-10-14(13)20-17/h6-10,22H,3-5H2,1-2H3,(H,19,20). The highest BCUT2D eigenvalue weighted by Gasteiger charge is 2.15. The summed E-state index contributed by atoms with van der Waals surface area (Å²) in [7, 11) is 1.67. The predicted molar refractivity (Wildman–Crippen MR) is 91.7 cm³/mol. The Kier molecular flexibility index (Phi) is 4.34. The van der Waals surface area contributed by atoms with Crippen LogP contribution in [-0.4, -0.2) is 22.1 Å². The number of aromatic amines is 1. The summed E-state index contributed by atoms with van der Waals surface area (Å²) < 4.78 is 5.60. The van der Waals surface area contributed by atoms with E-state index in [1.807, 2.05) is 6.07 Å². The van der Waals surface area contributed by atoms with E-state index in [9.17, 15) is 0 Å². The van der Waals surface area contributed by atoms with Crippen molar-refractivity contribution in [3.63, 3.8) is 0 Å². The molecule has 1 N–H and O–H groups in total. The van der Waals surface area contributed by atoms with E-state index in [4.69, 9.17) is 4.74 Å². The summed E-state index contributed by atoms with van der Waals surface area (Å²) in [4.78, 5) is 12.9. The first-order valence-corrected chi connectivity index (χ1v) is 7.88. The second-order valence-corrected chi connectivity index (χ2v) is 5.68. The number of H-pyrrole nitrogens is 1. The largest absolute Gasteiger partial charge is 0.495 e. The molecule has 4 nitrogen and oxygen atoms in total. The lowest BCUT2D eigenvalue weighted by molar-refractivity contribution is 0.405. The van der Waals surface area contributed by atoms with Gasteiger partial charge in [0.05, 0.1) is 34.8 Å². The molecule has 3 aromatic rings. The minimum absolute atomic E-state index is 0.768. The van der Waals surface area contributed by atoms with Crippen LogP contribution in [0.4, 0.5) is 0 Å². The van der Waals surface area contributed by atoms with Gasteiger partial charge >= 0.3 is 0 Å². The molecule has 2 aromatic heterocycles. The van der Waals surface area contributed by atoms with E-state index < -0.39 is 0 Å². The van der Waals surface area contributed by atoms with Crippen molar-refractivity contribution in [2.45, 2.75) is 31.1 Å². The lowest BCUT2D eigenvalue weighted by atomic mass is 10.0. The molecular formula is C17H19N3OS.